The van der Waals surface area contributed by atoms with E-state index in [-0.39, 0.29) is 23.6 Å². The molecule has 35 heavy (non-hydrogen) atoms. The summed E-state index contributed by atoms with van der Waals surface area (Å²) in [4.78, 5) is 30.9. The van der Waals surface area contributed by atoms with Crippen molar-refractivity contribution in [3.63, 3.8) is 0 Å². The van der Waals surface area contributed by atoms with Gasteiger partial charge in [-0.1, -0.05) is 11.6 Å². The van der Waals surface area contributed by atoms with Gasteiger partial charge in [0.15, 0.2) is 5.65 Å². The summed E-state index contributed by atoms with van der Waals surface area (Å²) in [6.07, 6.45) is 4.88. The van der Waals surface area contributed by atoms with E-state index in [4.69, 9.17) is 21.1 Å². The van der Waals surface area contributed by atoms with Gasteiger partial charge in [-0.05, 0) is 18.9 Å². The Morgan fingerprint density at radius 3 is 2.77 bits per heavy atom. The van der Waals surface area contributed by atoms with E-state index in [0.717, 1.165) is 12.8 Å². The number of ether oxygens (including phenoxy) is 2. The number of nitrogens with one attached hydrogen (secondary N) is 3. The highest BCUT2D eigenvalue weighted by Gasteiger charge is 2.54. The molecular weight excluding hydrogens is 474 g/mol. The van der Waals surface area contributed by atoms with Crippen LogP contribution in [0.4, 0.5) is 17.3 Å². The number of fused-ring (bicyclic) bond motifs is 2. The molecule has 3 fully saturated rings. The van der Waals surface area contributed by atoms with Crippen molar-refractivity contribution in [2.75, 3.05) is 44.1 Å². The Morgan fingerprint density at radius 2 is 2.03 bits per heavy atom. The van der Waals surface area contributed by atoms with Crippen LogP contribution >= 0.6 is 11.6 Å². The average Bonchev–Trinajstić information content (AvgIpc) is 3.22. The van der Waals surface area contributed by atoms with E-state index < -0.39 is 0 Å². The maximum atomic E-state index is 13.2. The number of anilines is 3. The van der Waals surface area contributed by atoms with Crippen molar-refractivity contribution < 1.29 is 14.3 Å². The fourth-order valence-electron chi connectivity index (χ4n) is 5.06. The Kier molecular flexibility index (Phi) is 5.62. The zero-order valence-corrected chi connectivity index (χ0v) is 19.9. The molecule has 3 aliphatic rings. The van der Waals surface area contributed by atoms with E-state index in [2.05, 4.69) is 26.0 Å². The third kappa shape index (κ3) is 4.03. The van der Waals surface area contributed by atoms with E-state index in [0.29, 0.717) is 71.8 Å². The molecule has 12 heteroatoms. The van der Waals surface area contributed by atoms with Crippen molar-refractivity contribution >= 4 is 40.5 Å². The van der Waals surface area contributed by atoms with Crippen LogP contribution in [0, 0.1) is 11.8 Å². The molecule has 5 heterocycles. The minimum atomic E-state index is -0.228. The Bertz CT molecular complexity index is 1340. The lowest BCUT2D eigenvalue weighted by atomic mass is 10.1. The van der Waals surface area contributed by atoms with Crippen molar-refractivity contribution in [3.05, 3.63) is 45.5 Å². The summed E-state index contributed by atoms with van der Waals surface area (Å²) in [7, 11) is 1.75. The highest BCUT2D eigenvalue weighted by molar-refractivity contribution is 6.30. The quantitative estimate of drug-likeness (QED) is 0.471. The molecule has 2 saturated heterocycles. The molecule has 0 aromatic carbocycles. The lowest BCUT2D eigenvalue weighted by Gasteiger charge is -2.25. The first kappa shape index (κ1) is 22.3. The average molecular weight is 500 g/mol. The topological polar surface area (TPSA) is 124 Å². The first-order valence-corrected chi connectivity index (χ1v) is 12.1. The van der Waals surface area contributed by atoms with Crippen molar-refractivity contribution in [2.24, 2.45) is 11.8 Å². The second-order valence-corrected chi connectivity index (χ2v) is 9.65. The number of amides is 1. The number of pyridine rings is 1. The normalized spacial score (nSPS) is 25.3. The number of hydrogen-bond acceptors (Lipinski definition) is 8. The molecule has 3 aromatic rings. The standard InChI is InChI=1S/C23H26ClN7O4/c1-25-19-6-18(27-17-5-12(24)8-30(23(17)33)13-3-2-4-34-9-13)28-21-14(7-26-31(19)21)22(32)29-20-15-10-35-11-16(15)20/h5-8,13,15-16,20,25H,2-4,9-11H2,1H3,(H,27,28)(H,29,32)/t13?,15-,16+,20-. The minimum Gasteiger partial charge on any atom is -0.381 e. The predicted octanol–water partition coefficient (Wildman–Crippen LogP) is 2.06. The highest BCUT2D eigenvalue weighted by atomic mass is 35.5. The molecule has 3 N–H and O–H groups in total. The zero-order chi connectivity index (χ0) is 24.1. The van der Waals surface area contributed by atoms with Crippen molar-refractivity contribution in [1.29, 1.82) is 0 Å². The maximum Gasteiger partial charge on any atom is 0.274 e. The Hall–Kier alpha value is -3.15. The first-order valence-electron chi connectivity index (χ1n) is 11.7. The van der Waals surface area contributed by atoms with Gasteiger partial charge in [0.2, 0.25) is 0 Å². The number of carbonyl (C=O) groups is 1. The number of carbonyl (C=O) groups excluding carboxylic acids is 1. The molecule has 6 rings (SSSR count). The van der Waals surface area contributed by atoms with Gasteiger partial charge in [0.05, 0.1) is 37.1 Å². The van der Waals surface area contributed by atoms with Gasteiger partial charge in [-0.3, -0.25) is 9.59 Å². The van der Waals surface area contributed by atoms with Gasteiger partial charge in [0, 0.05) is 43.8 Å². The summed E-state index contributed by atoms with van der Waals surface area (Å²) >= 11 is 6.36. The second-order valence-electron chi connectivity index (χ2n) is 9.22. The summed E-state index contributed by atoms with van der Waals surface area (Å²) < 4.78 is 14.1. The third-order valence-corrected chi connectivity index (χ3v) is 7.23. The van der Waals surface area contributed by atoms with Crippen LogP contribution in [0.5, 0.6) is 0 Å². The SMILES string of the molecule is CNc1cc(Nc2cc(Cl)cn(C3CCCOC3)c2=O)nc2c(C(=O)N[C@@H]3[C@@H]4COC[C@@H]43)cnn12. The molecule has 2 aliphatic heterocycles. The molecule has 3 aromatic heterocycles. The first-order chi connectivity index (χ1) is 17.0. The second kappa shape index (κ2) is 8.81. The number of hydrogen-bond donors (Lipinski definition) is 3. The van der Waals surface area contributed by atoms with E-state index >= 15 is 0 Å². The van der Waals surface area contributed by atoms with Crippen LogP contribution in [0.2, 0.25) is 5.02 Å². The monoisotopic (exact) mass is 499 g/mol. The minimum absolute atomic E-state index is 0.0729. The van der Waals surface area contributed by atoms with E-state index in [1.165, 1.54) is 6.20 Å². The predicted molar refractivity (Wildman–Crippen MR) is 130 cm³/mol. The molecule has 184 valence electrons. The summed E-state index contributed by atoms with van der Waals surface area (Å²) in [6.45, 7) is 2.54. The molecule has 1 aliphatic carbocycles. The smallest absolute Gasteiger partial charge is 0.274 e. The summed E-state index contributed by atoms with van der Waals surface area (Å²) in [5.41, 5.74) is 0.811. The number of aromatic nitrogens is 4. The van der Waals surface area contributed by atoms with Crippen LogP contribution in [0.3, 0.4) is 0 Å². The zero-order valence-electron chi connectivity index (χ0n) is 19.2. The van der Waals surface area contributed by atoms with Crippen LogP contribution in [0.25, 0.3) is 5.65 Å². The number of nitrogens with zero attached hydrogens (tertiary/aromatic N) is 4. The third-order valence-electron chi connectivity index (χ3n) is 7.02. The van der Waals surface area contributed by atoms with Crippen LogP contribution in [-0.4, -0.2) is 64.6 Å². The molecule has 11 nitrogen and oxygen atoms in total. The van der Waals surface area contributed by atoms with E-state index in [1.807, 2.05) is 0 Å². The fraction of sp³-hybridized carbons (Fsp3) is 0.478. The van der Waals surface area contributed by atoms with Gasteiger partial charge in [0.1, 0.15) is 22.9 Å². The van der Waals surface area contributed by atoms with Gasteiger partial charge in [-0.25, -0.2) is 4.98 Å². The van der Waals surface area contributed by atoms with E-state index in [9.17, 15) is 9.59 Å². The van der Waals surface area contributed by atoms with Crippen LogP contribution < -0.4 is 21.5 Å². The van der Waals surface area contributed by atoms with Crippen molar-refractivity contribution in [2.45, 2.75) is 24.9 Å². The van der Waals surface area contributed by atoms with Crippen molar-refractivity contribution in [3.8, 4) is 0 Å². The van der Waals surface area contributed by atoms with Crippen molar-refractivity contribution in [1.82, 2.24) is 24.5 Å². The Labute approximate surface area is 205 Å². The molecule has 4 atom stereocenters. The lowest BCUT2D eigenvalue weighted by Crippen LogP contribution is -2.31. The lowest BCUT2D eigenvalue weighted by molar-refractivity contribution is 0.0581. The fourth-order valence-corrected chi connectivity index (χ4v) is 5.27. The molecule has 0 radical (unpaired) electrons. The van der Waals surface area contributed by atoms with Crippen LogP contribution in [0.1, 0.15) is 29.2 Å². The highest BCUT2D eigenvalue weighted by Crippen LogP contribution is 2.44. The summed E-state index contributed by atoms with van der Waals surface area (Å²) in [6, 6.07) is 3.35. The van der Waals surface area contributed by atoms with E-state index in [1.54, 1.807) is 34.5 Å². The van der Waals surface area contributed by atoms with Gasteiger partial charge in [-0.2, -0.15) is 9.61 Å². The summed E-state index contributed by atoms with van der Waals surface area (Å²) in [5, 5.41) is 14.0. The van der Waals surface area contributed by atoms with Gasteiger partial charge in [0.25, 0.3) is 11.5 Å². The molecular formula is C23H26ClN7O4. The van der Waals surface area contributed by atoms with Gasteiger partial charge < -0.3 is 30.0 Å². The molecule has 1 saturated carbocycles. The van der Waals surface area contributed by atoms with Gasteiger partial charge >= 0.3 is 0 Å². The molecule has 1 unspecified atom stereocenters. The van der Waals surface area contributed by atoms with Crippen LogP contribution in [0.15, 0.2) is 29.3 Å². The van der Waals surface area contributed by atoms with Gasteiger partial charge in [-0.15, -0.1) is 0 Å². The molecule has 0 spiro atoms. The molecule has 0 bridgehead atoms. The largest absolute Gasteiger partial charge is 0.381 e. The maximum absolute atomic E-state index is 13.2. The van der Waals surface area contributed by atoms with Crippen LogP contribution in [-0.2, 0) is 9.47 Å². The Morgan fingerprint density at radius 1 is 1.20 bits per heavy atom. The Balaban J connectivity index is 1.32. The molecule has 1 amide bonds. The number of rotatable bonds is 6. The number of halogens is 1. The summed E-state index contributed by atoms with van der Waals surface area (Å²) in [5.74, 6) is 1.54.